The summed E-state index contributed by atoms with van der Waals surface area (Å²) in [6.45, 7) is 6.17. The Morgan fingerprint density at radius 2 is 2.04 bits per heavy atom. The SMILES string of the molecule is COc1ccccc1Nc1nnc(SCC(=O)N[C@H](C)C(C)C)s1. The Hall–Kier alpha value is -1.80. The Labute approximate surface area is 150 Å². The van der Waals surface area contributed by atoms with Gasteiger partial charge in [0.1, 0.15) is 5.75 Å². The molecule has 2 rings (SSSR count). The van der Waals surface area contributed by atoms with Gasteiger partial charge in [0, 0.05) is 6.04 Å². The van der Waals surface area contributed by atoms with Crippen LogP contribution in [0.2, 0.25) is 0 Å². The van der Waals surface area contributed by atoms with Crippen molar-refractivity contribution in [1.29, 1.82) is 0 Å². The van der Waals surface area contributed by atoms with Crippen LogP contribution in [0.15, 0.2) is 28.6 Å². The Bertz CT molecular complexity index is 676. The molecule has 2 aromatic rings. The smallest absolute Gasteiger partial charge is 0.230 e. The molecule has 130 valence electrons. The first-order valence-electron chi connectivity index (χ1n) is 7.65. The minimum Gasteiger partial charge on any atom is -0.495 e. The number of ether oxygens (including phenoxy) is 1. The Morgan fingerprint density at radius 3 is 2.75 bits per heavy atom. The second kappa shape index (κ2) is 8.89. The van der Waals surface area contributed by atoms with Crippen molar-refractivity contribution in [1.82, 2.24) is 15.5 Å². The number of hydrogen-bond acceptors (Lipinski definition) is 7. The van der Waals surface area contributed by atoms with E-state index in [-0.39, 0.29) is 11.9 Å². The molecular formula is C16H22N4O2S2. The zero-order valence-corrected chi connectivity index (χ0v) is 15.8. The molecule has 6 nitrogen and oxygen atoms in total. The summed E-state index contributed by atoms with van der Waals surface area (Å²) < 4.78 is 6.05. The van der Waals surface area contributed by atoms with E-state index in [9.17, 15) is 4.79 Å². The van der Waals surface area contributed by atoms with Crippen LogP contribution in [-0.4, -0.2) is 35.0 Å². The fourth-order valence-electron chi connectivity index (χ4n) is 1.77. The summed E-state index contributed by atoms with van der Waals surface area (Å²) in [6.07, 6.45) is 0. The summed E-state index contributed by atoms with van der Waals surface area (Å²) in [5.41, 5.74) is 0.830. The van der Waals surface area contributed by atoms with Crippen molar-refractivity contribution < 1.29 is 9.53 Å². The number of methoxy groups -OCH3 is 1. The summed E-state index contributed by atoms with van der Waals surface area (Å²) >= 11 is 2.79. The molecule has 8 heteroatoms. The number of carbonyl (C=O) groups is 1. The zero-order chi connectivity index (χ0) is 17.5. The van der Waals surface area contributed by atoms with Crippen molar-refractivity contribution in [2.45, 2.75) is 31.2 Å². The first-order valence-corrected chi connectivity index (χ1v) is 9.45. The Kier molecular flexibility index (Phi) is 6.86. The molecule has 0 radical (unpaired) electrons. The first-order chi connectivity index (χ1) is 11.5. The molecule has 0 saturated carbocycles. The molecule has 0 fully saturated rings. The van der Waals surface area contributed by atoms with Gasteiger partial charge in [-0.2, -0.15) is 0 Å². The predicted octanol–water partition coefficient (Wildman–Crippen LogP) is 3.54. The summed E-state index contributed by atoms with van der Waals surface area (Å²) in [6, 6.07) is 7.77. The Morgan fingerprint density at radius 1 is 1.29 bits per heavy atom. The van der Waals surface area contributed by atoms with Crippen LogP contribution in [0, 0.1) is 5.92 Å². The summed E-state index contributed by atoms with van der Waals surface area (Å²) in [4.78, 5) is 11.9. The fourth-order valence-corrected chi connectivity index (χ4v) is 3.35. The first kappa shape index (κ1) is 18.5. The highest BCUT2D eigenvalue weighted by atomic mass is 32.2. The second-order valence-electron chi connectivity index (χ2n) is 5.59. The van der Waals surface area contributed by atoms with E-state index in [4.69, 9.17) is 4.74 Å². The lowest BCUT2D eigenvalue weighted by atomic mass is 10.1. The monoisotopic (exact) mass is 366 g/mol. The van der Waals surface area contributed by atoms with Crippen LogP contribution in [-0.2, 0) is 4.79 Å². The molecule has 0 bridgehead atoms. The number of hydrogen-bond donors (Lipinski definition) is 2. The highest BCUT2D eigenvalue weighted by Crippen LogP contribution is 2.31. The second-order valence-corrected chi connectivity index (χ2v) is 7.79. The van der Waals surface area contributed by atoms with Crippen molar-refractivity contribution in [3.63, 3.8) is 0 Å². The third kappa shape index (κ3) is 5.38. The van der Waals surface area contributed by atoms with Gasteiger partial charge in [0.25, 0.3) is 0 Å². The minimum absolute atomic E-state index is 0.00985. The number of nitrogens with one attached hydrogen (secondary N) is 2. The van der Waals surface area contributed by atoms with Crippen LogP contribution in [0.25, 0.3) is 0 Å². The number of anilines is 2. The molecule has 1 atom stereocenters. The molecule has 1 aromatic heterocycles. The lowest BCUT2D eigenvalue weighted by Crippen LogP contribution is -2.37. The molecule has 2 N–H and O–H groups in total. The third-order valence-electron chi connectivity index (χ3n) is 3.47. The van der Waals surface area contributed by atoms with Gasteiger partial charge in [0.2, 0.25) is 11.0 Å². The van der Waals surface area contributed by atoms with Crippen LogP contribution in [0.5, 0.6) is 5.75 Å². The number of para-hydroxylation sites is 2. The normalized spacial score (nSPS) is 12.0. The van der Waals surface area contributed by atoms with Crippen molar-refractivity contribution in [2.75, 3.05) is 18.2 Å². The topological polar surface area (TPSA) is 76.1 Å². The largest absolute Gasteiger partial charge is 0.495 e. The lowest BCUT2D eigenvalue weighted by molar-refractivity contribution is -0.119. The minimum atomic E-state index is 0.00985. The highest BCUT2D eigenvalue weighted by molar-refractivity contribution is 8.01. The number of rotatable bonds is 8. The maximum absolute atomic E-state index is 11.9. The van der Waals surface area contributed by atoms with Crippen molar-refractivity contribution in [3.05, 3.63) is 24.3 Å². The summed E-state index contributed by atoms with van der Waals surface area (Å²) in [5, 5.41) is 15.0. The van der Waals surface area contributed by atoms with Crippen LogP contribution < -0.4 is 15.4 Å². The van der Waals surface area contributed by atoms with Crippen molar-refractivity contribution in [3.8, 4) is 5.75 Å². The van der Waals surface area contributed by atoms with E-state index >= 15 is 0 Å². The molecule has 0 unspecified atom stereocenters. The molecular weight excluding hydrogens is 344 g/mol. The van der Waals surface area contributed by atoms with Crippen molar-refractivity contribution >= 4 is 39.8 Å². The molecule has 0 aliphatic carbocycles. The van der Waals surface area contributed by atoms with E-state index in [0.717, 1.165) is 15.8 Å². The molecule has 0 aliphatic rings. The number of benzene rings is 1. The van der Waals surface area contributed by atoms with Gasteiger partial charge < -0.3 is 15.4 Å². The van der Waals surface area contributed by atoms with Gasteiger partial charge in [-0.15, -0.1) is 10.2 Å². The average molecular weight is 367 g/mol. The zero-order valence-electron chi connectivity index (χ0n) is 14.2. The number of thioether (sulfide) groups is 1. The van der Waals surface area contributed by atoms with E-state index in [2.05, 4.69) is 34.7 Å². The van der Waals surface area contributed by atoms with E-state index in [0.29, 0.717) is 16.8 Å². The van der Waals surface area contributed by atoms with Crippen LogP contribution in [0.4, 0.5) is 10.8 Å². The molecule has 1 amide bonds. The molecule has 1 aromatic carbocycles. The number of nitrogens with zero attached hydrogens (tertiary/aromatic N) is 2. The third-order valence-corrected chi connectivity index (χ3v) is 5.44. The van der Waals surface area contributed by atoms with Gasteiger partial charge in [0.15, 0.2) is 4.34 Å². The summed E-state index contributed by atoms with van der Waals surface area (Å²) in [5.74, 6) is 1.50. The number of amides is 1. The molecule has 24 heavy (non-hydrogen) atoms. The van der Waals surface area contributed by atoms with Crippen molar-refractivity contribution in [2.24, 2.45) is 5.92 Å². The lowest BCUT2D eigenvalue weighted by Gasteiger charge is -2.16. The standard InChI is InChI=1S/C16H22N4O2S2/c1-10(2)11(3)17-14(21)9-23-16-20-19-15(24-16)18-12-7-5-6-8-13(12)22-4/h5-8,10-11H,9H2,1-4H3,(H,17,21)(H,18,19)/t11-/m1/s1. The van der Waals surface area contributed by atoms with Gasteiger partial charge in [-0.1, -0.05) is 49.1 Å². The van der Waals surface area contributed by atoms with Gasteiger partial charge in [-0.05, 0) is 25.0 Å². The molecule has 0 spiro atoms. The van der Waals surface area contributed by atoms with Crippen LogP contribution in [0.1, 0.15) is 20.8 Å². The van der Waals surface area contributed by atoms with Gasteiger partial charge in [-0.25, -0.2) is 0 Å². The maximum Gasteiger partial charge on any atom is 0.230 e. The average Bonchev–Trinajstić information content (AvgIpc) is 3.01. The van der Waals surface area contributed by atoms with Gasteiger partial charge in [-0.3, -0.25) is 4.79 Å². The fraction of sp³-hybridized carbons (Fsp3) is 0.438. The van der Waals surface area contributed by atoms with E-state index in [1.807, 2.05) is 31.2 Å². The highest BCUT2D eigenvalue weighted by Gasteiger charge is 2.13. The maximum atomic E-state index is 11.9. The molecule has 0 saturated heterocycles. The van der Waals surface area contributed by atoms with Crippen LogP contribution in [0.3, 0.4) is 0 Å². The number of aromatic nitrogens is 2. The van der Waals surface area contributed by atoms with E-state index in [1.165, 1.54) is 23.1 Å². The summed E-state index contributed by atoms with van der Waals surface area (Å²) in [7, 11) is 1.62. The quantitative estimate of drug-likeness (QED) is 0.696. The van der Waals surface area contributed by atoms with Gasteiger partial charge >= 0.3 is 0 Å². The predicted molar refractivity (Wildman–Crippen MR) is 99.4 cm³/mol. The van der Waals surface area contributed by atoms with Crippen LogP contribution >= 0.6 is 23.1 Å². The van der Waals surface area contributed by atoms with E-state index in [1.54, 1.807) is 7.11 Å². The van der Waals surface area contributed by atoms with Gasteiger partial charge in [0.05, 0.1) is 18.6 Å². The molecule has 0 aliphatic heterocycles. The molecule has 1 heterocycles. The Balaban J connectivity index is 1.88. The number of carbonyl (C=O) groups excluding carboxylic acids is 1. The van der Waals surface area contributed by atoms with E-state index < -0.39 is 0 Å².